The van der Waals surface area contributed by atoms with Crippen LogP contribution < -0.4 is 10.5 Å². The first-order valence-corrected chi connectivity index (χ1v) is 7.25. The molecule has 3 aromatic rings. The van der Waals surface area contributed by atoms with Gasteiger partial charge in [-0.05, 0) is 35.9 Å². The van der Waals surface area contributed by atoms with Crippen molar-refractivity contribution in [3.63, 3.8) is 0 Å². The van der Waals surface area contributed by atoms with E-state index in [1.54, 1.807) is 36.4 Å². The first-order valence-electron chi connectivity index (χ1n) is 7.25. The molecular weight excluding hydrogens is 310 g/mol. The molecule has 4 rings (SSSR count). The Bertz CT molecular complexity index is 1070. The van der Waals surface area contributed by atoms with Gasteiger partial charge < -0.3 is 14.4 Å². The average Bonchev–Trinajstić information content (AvgIpc) is 2.91. The lowest BCUT2D eigenvalue weighted by Gasteiger charge is -2.16. The van der Waals surface area contributed by atoms with Gasteiger partial charge >= 0.3 is 11.6 Å². The van der Waals surface area contributed by atoms with E-state index in [1.807, 2.05) is 0 Å². The molecule has 6 nitrogen and oxygen atoms in total. The minimum Gasteiger partial charge on any atom is -0.478 e. The van der Waals surface area contributed by atoms with E-state index >= 15 is 0 Å². The van der Waals surface area contributed by atoms with Crippen LogP contribution in [0.2, 0.25) is 0 Å². The van der Waals surface area contributed by atoms with E-state index in [9.17, 15) is 19.5 Å². The molecule has 2 heterocycles. The van der Waals surface area contributed by atoms with Crippen molar-refractivity contribution in [3.05, 3.63) is 75.6 Å². The summed E-state index contributed by atoms with van der Waals surface area (Å²) in [5.41, 5.74) is 1.53. The van der Waals surface area contributed by atoms with Crippen molar-refractivity contribution in [3.8, 4) is 0 Å². The SMILES string of the molecule is O=C(O)c1cccc2c1C(=O)N(c1ccc3oc(=O)ccc3c1)C2. The molecule has 0 atom stereocenters. The van der Waals surface area contributed by atoms with Crippen molar-refractivity contribution in [1.29, 1.82) is 0 Å². The van der Waals surface area contributed by atoms with Crippen molar-refractivity contribution >= 4 is 28.5 Å². The second kappa shape index (κ2) is 5.06. The summed E-state index contributed by atoms with van der Waals surface area (Å²) in [5.74, 6) is -1.47. The van der Waals surface area contributed by atoms with Gasteiger partial charge in [-0.15, -0.1) is 0 Å². The monoisotopic (exact) mass is 321 g/mol. The first-order chi connectivity index (χ1) is 11.5. The predicted molar refractivity (Wildman–Crippen MR) is 86.4 cm³/mol. The van der Waals surface area contributed by atoms with E-state index in [4.69, 9.17) is 4.42 Å². The van der Waals surface area contributed by atoms with Crippen LogP contribution in [-0.2, 0) is 6.54 Å². The van der Waals surface area contributed by atoms with E-state index in [2.05, 4.69) is 0 Å². The molecule has 1 aromatic heterocycles. The largest absolute Gasteiger partial charge is 0.478 e. The van der Waals surface area contributed by atoms with Gasteiger partial charge in [-0.3, -0.25) is 4.79 Å². The predicted octanol–water partition coefficient (Wildman–Crippen LogP) is 2.65. The van der Waals surface area contributed by atoms with Gasteiger partial charge in [-0.1, -0.05) is 12.1 Å². The number of rotatable bonds is 2. The van der Waals surface area contributed by atoms with Gasteiger partial charge in [0, 0.05) is 17.1 Å². The lowest BCUT2D eigenvalue weighted by atomic mass is 10.0. The lowest BCUT2D eigenvalue weighted by molar-refractivity contribution is 0.0692. The third kappa shape index (κ3) is 2.08. The van der Waals surface area contributed by atoms with E-state index < -0.39 is 11.6 Å². The maximum atomic E-state index is 12.7. The van der Waals surface area contributed by atoms with Gasteiger partial charge in [0.2, 0.25) is 0 Å². The normalized spacial score (nSPS) is 13.3. The Labute approximate surface area is 135 Å². The standard InChI is InChI=1S/C18H11NO5/c20-15-7-4-10-8-12(5-6-14(10)24-15)19-9-11-2-1-3-13(18(22)23)16(11)17(19)21/h1-8H,9H2,(H,22,23). The summed E-state index contributed by atoms with van der Waals surface area (Å²) < 4.78 is 5.08. The zero-order valence-electron chi connectivity index (χ0n) is 12.4. The van der Waals surface area contributed by atoms with Gasteiger partial charge in [0.05, 0.1) is 17.7 Å². The van der Waals surface area contributed by atoms with Crippen LogP contribution in [0.3, 0.4) is 0 Å². The van der Waals surface area contributed by atoms with Gasteiger partial charge in [0.15, 0.2) is 0 Å². The minimum absolute atomic E-state index is 0.00628. The molecule has 0 unspecified atom stereocenters. The molecule has 0 aliphatic carbocycles. The number of hydrogen-bond acceptors (Lipinski definition) is 4. The van der Waals surface area contributed by atoms with E-state index in [0.717, 1.165) is 0 Å². The van der Waals surface area contributed by atoms with E-state index in [0.29, 0.717) is 28.8 Å². The highest BCUT2D eigenvalue weighted by molar-refractivity contribution is 6.15. The van der Waals surface area contributed by atoms with Crippen LogP contribution in [-0.4, -0.2) is 17.0 Å². The first kappa shape index (κ1) is 14.2. The number of carboxylic acids is 1. The molecule has 2 aromatic carbocycles. The van der Waals surface area contributed by atoms with Crippen LogP contribution in [0.5, 0.6) is 0 Å². The molecule has 0 radical (unpaired) electrons. The highest BCUT2D eigenvalue weighted by atomic mass is 16.4. The Morgan fingerprint density at radius 2 is 1.92 bits per heavy atom. The molecular formula is C18H11NO5. The molecule has 0 saturated carbocycles. The third-order valence-electron chi connectivity index (χ3n) is 4.08. The maximum Gasteiger partial charge on any atom is 0.336 e. The topological polar surface area (TPSA) is 87.8 Å². The molecule has 1 aliphatic heterocycles. The van der Waals surface area contributed by atoms with Crippen molar-refractivity contribution in [2.24, 2.45) is 0 Å². The smallest absolute Gasteiger partial charge is 0.336 e. The highest BCUT2D eigenvalue weighted by Crippen LogP contribution is 2.32. The summed E-state index contributed by atoms with van der Waals surface area (Å²) in [6.45, 7) is 0.303. The summed E-state index contributed by atoms with van der Waals surface area (Å²) in [6, 6.07) is 12.8. The Morgan fingerprint density at radius 3 is 2.71 bits per heavy atom. The number of carbonyl (C=O) groups excluding carboxylic acids is 1. The van der Waals surface area contributed by atoms with Crippen LogP contribution in [0, 0.1) is 0 Å². The molecule has 1 amide bonds. The fourth-order valence-electron chi connectivity index (χ4n) is 2.98. The second-order valence-corrected chi connectivity index (χ2v) is 5.51. The number of nitrogens with zero attached hydrogens (tertiary/aromatic N) is 1. The van der Waals surface area contributed by atoms with Crippen LogP contribution in [0.4, 0.5) is 5.69 Å². The average molecular weight is 321 g/mol. The summed E-state index contributed by atoms with van der Waals surface area (Å²) in [7, 11) is 0. The van der Waals surface area contributed by atoms with Gasteiger partial charge in [-0.25, -0.2) is 9.59 Å². The molecule has 0 saturated heterocycles. The molecule has 0 bridgehead atoms. The number of amides is 1. The van der Waals surface area contributed by atoms with E-state index in [1.165, 1.54) is 17.0 Å². The van der Waals surface area contributed by atoms with E-state index in [-0.39, 0.29) is 17.0 Å². The maximum absolute atomic E-state index is 12.7. The number of aromatic carboxylic acids is 1. The zero-order chi connectivity index (χ0) is 16.8. The number of carboxylic acid groups (broad SMARTS) is 1. The van der Waals surface area contributed by atoms with Crippen LogP contribution in [0.1, 0.15) is 26.3 Å². The fourth-order valence-corrected chi connectivity index (χ4v) is 2.98. The molecule has 0 fully saturated rings. The summed E-state index contributed by atoms with van der Waals surface area (Å²) in [5, 5.41) is 9.97. The summed E-state index contributed by atoms with van der Waals surface area (Å²) in [6.07, 6.45) is 0. The Kier molecular flexibility index (Phi) is 2.99. The van der Waals surface area contributed by atoms with Crippen LogP contribution >= 0.6 is 0 Å². The minimum atomic E-state index is -1.12. The van der Waals surface area contributed by atoms with Crippen molar-refractivity contribution in [2.45, 2.75) is 6.54 Å². The second-order valence-electron chi connectivity index (χ2n) is 5.51. The molecule has 1 N–H and O–H groups in total. The number of benzene rings is 2. The number of carbonyl (C=O) groups is 2. The summed E-state index contributed by atoms with van der Waals surface area (Å²) in [4.78, 5) is 36.8. The van der Waals surface area contributed by atoms with Gasteiger partial charge in [-0.2, -0.15) is 0 Å². The molecule has 24 heavy (non-hydrogen) atoms. The van der Waals surface area contributed by atoms with Crippen LogP contribution in [0.25, 0.3) is 11.0 Å². The number of anilines is 1. The van der Waals surface area contributed by atoms with Gasteiger partial charge in [0.1, 0.15) is 5.58 Å². The van der Waals surface area contributed by atoms with Gasteiger partial charge in [0.25, 0.3) is 5.91 Å². The lowest BCUT2D eigenvalue weighted by Crippen LogP contribution is -2.23. The molecule has 118 valence electrons. The quantitative estimate of drug-likeness (QED) is 0.733. The molecule has 0 spiro atoms. The van der Waals surface area contributed by atoms with Crippen molar-refractivity contribution in [2.75, 3.05) is 4.90 Å². The zero-order valence-corrected chi connectivity index (χ0v) is 12.4. The molecule has 1 aliphatic rings. The van der Waals surface area contributed by atoms with Crippen molar-refractivity contribution in [1.82, 2.24) is 0 Å². The Morgan fingerprint density at radius 1 is 1.08 bits per heavy atom. The third-order valence-corrected chi connectivity index (χ3v) is 4.08. The Balaban J connectivity index is 1.80. The van der Waals surface area contributed by atoms with Crippen LogP contribution in [0.15, 0.2) is 57.7 Å². The number of hydrogen-bond donors (Lipinski definition) is 1. The molecule has 6 heteroatoms. The Hall–Kier alpha value is -3.41. The number of fused-ring (bicyclic) bond motifs is 2. The highest BCUT2D eigenvalue weighted by Gasteiger charge is 2.32. The fraction of sp³-hybridized carbons (Fsp3) is 0.0556. The van der Waals surface area contributed by atoms with Crippen molar-refractivity contribution < 1.29 is 19.1 Å². The summed E-state index contributed by atoms with van der Waals surface area (Å²) >= 11 is 0.